The number of hydrogen-bond donors (Lipinski definition) is 0. The normalized spacial score (nSPS) is 14.9. The molecule has 0 bridgehead atoms. The number of benzene rings is 1. The second-order valence-electron chi connectivity index (χ2n) is 6.78. The van der Waals surface area contributed by atoms with Crippen LogP contribution in [0, 0.1) is 0 Å². The van der Waals surface area contributed by atoms with Gasteiger partial charge in [0.25, 0.3) is 5.91 Å². The fourth-order valence-electron chi connectivity index (χ4n) is 3.32. The highest BCUT2D eigenvalue weighted by Gasteiger charge is 2.30. The van der Waals surface area contributed by atoms with Crippen molar-refractivity contribution < 1.29 is 18.0 Å². The lowest BCUT2D eigenvalue weighted by atomic mass is 10.1. The number of halogens is 3. The standard InChI is InChI=1S/C20H22F3N3O/c1-25(14-15-7-5-8-16(13-15)20(21,22)23)19(27)17-9-6-10-24-18(17)26-11-3-2-4-12-26/h5-10,13H,2-4,11-12,14H2,1H3. The number of amides is 1. The third-order valence-electron chi connectivity index (χ3n) is 4.69. The van der Waals surface area contributed by atoms with Gasteiger partial charge in [0.1, 0.15) is 5.82 Å². The first-order valence-corrected chi connectivity index (χ1v) is 8.98. The topological polar surface area (TPSA) is 36.4 Å². The number of piperidine rings is 1. The van der Waals surface area contributed by atoms with E-state index in [0.717, 1.165) is 38.1 Å². The Bertz CT molecular complexity index is 801. The SMILES string of the molecule is CN(Cc1cccc(C(F)(F)F)c1)C(=O)c1cccnc1N1CCCCC1. The number of alkyl halides is 3. The van der Waals surface area contributed by atoms with Crippen LogP contribution in [0.5, 0.6) is 0 Å². The number of carbonyl (C=O) groups is 1. The zero-order chi connectivity index (χ0) is 19.4. The summed E-state index contributed by atoms with van der Waals surface area (Å²) in [5.74, 6) is 0.402. The number of aromatic nitrogens is 1. The summed E-state index contributed by atoms with van der Waals surface area (Å²) in [7, 11) is 1.59. The first-order chi connectivity index (χ1) is 12.9. The monoisotopic (exact) mass is 377 g/mol. The Kier molecular flexibility index (Phi) is 5.68. The summed E-state index contributed by atoms with van der Waals surface area (Å²) in [6.07, 6.45) is 0.549. The van der Waals surface area contributed by atoms with Crippen LogP contribution in [0.2, 0.25) is 0 Å². The zero-order valence-corrected chi connectivity index (χ0v) is 15.2. The smallest absolute Gasteiger partial charge is 0.356 e. The van der Waals surface area contributed by atoms with Gasteiger partial charge in [0, 0.05) is 32.9 Å². The van der Waals surface area contributed by atoms with Gasteiger partial charge in [-0.1, -0.05) is 12.1 Å². The van der Waals surface area contributed by atoms with E-state index in [-0.39, 0.29) is 12.5 Å². The third-order valence-corrected chi connectivity index (χ3v) is 4.69. The molecule has 4 nitrogen and oxygen atoms in total. The second-order valence-corrected chi connectivity index (χ2v) is 6.78. The van der Waals surface area contributed by atoms with Crippen molar-refractivity contribution in [1.29, 1.82) is 0 Å². The summed E-state index contributed by atoms with van der Waals surface area (Å²) in [6.45, 7) is 1.81. The van der Waals surface area contributed by atoms with Crippen LogP contribution in [-0.2, 0) is 12.7 Å². The maximum Gasteiger partial charge on any atom is 0.416 e. The molecular weight excluding hydrogens is 355 g/mol. The lowest BCUT2D eigenvalue weighted by Gasteiger charge is -2.30. The molecule has 1 aliphatic rings. The van der Waals surface area contributed by atoms with E-state index in [1.807, 2.05) is 0 Å². The minimum atomic E-state index is -4.40. The molecule has 2 aromatic rings. The Balaban J connectivity index is 1.78. The van der Waals surface area contributed by atoms with Crippen LogP contribution in [0.25, 0.3) is 0 Å². The fourth-order valence-corrected chi connectivity index (χ4v) is 3.32. The molecule has 0 saturated carbocycles. The Hall–Kier alpha value is -2.57. The molecule has 0 spiro atoms. The van der Waals surface area contributed by atoms with Crippen molar-refractivity contribution in [2.45, 2.75) is 32.0 Å². The van der Waals surface area contributed by atoms with E-state index in [1.165, 1.54) is 17.4 Å². The molecular formula is C20H22F3N3O. The van der Waals surface area contributed by atoms with E-state index in [9.17, 15) is 18.0 Å². The van der Waals surface area contributed by atoms with Crippen molar-refractivity contribution in [3.05, 3.63) is 59.3 Å². The van der Waals surface area contributed by atoms with Crippen LogP contribution in [0.4, 0.5) is 19.0 Å². The molecule has 1 aromatic heterocycles. The van der Waals surface area contributed by atoms with Crippen molar-refractivity contribution in [1.82, 2.24) is 9.88 Å². The van der Waals surface area contributed by atoms with Gasteiger partial charge in [-0.15, -0.1) is 0 Å². The molecule has 0 unspecified atom stereocenters. The molecule has 3 rings (SSSR count). The Morgan fingerprint density at radius 3 is 2.59 bits per heavy atom. The van der Waals surface area contributed by atoms with Crippen molar-refractivity contribution in [2.24, 2.45) is 0 Å². The molecule has 1 aromatic carbocycles. The number of anilines is 1. The maximum atomic E-state index is 12.9. The van der Waals surface area contributed by atoms with Crippen LogP contribution >= 0.6 is 0 Å². The molecule has 1 amide bonds. The zero-order valence-electron chi connectivity index (χ0n) is 15.2. The summed E-state index contributed by atoms with van der Waals surface area (Å²) in [5, 5.41) is 0. The van der Waals surface area contributed by atoms with Gasteiger partial charge in [0.2, 0.25) is 0 Å². The average Bonchev–Trinajstić information content (AvgIpc) is 2.67. The summed E-state index contributed by atoms with van der Waals surface area (Å²) >= 11 is 0. The molecule has 27 heavy (non-hydrogen) atoms. The van der Waals surface area contributed by atoms with Gasteiger partial charge in [-0.3, -0.25) is 4.79 Å². The number of rotatable bonds is 4. The molecule has 0 aliphatic carbocycles. The van der Waals surface area contributed by atoms with Crippen molar-refractivity contribution in [3.8, 4) is 0 Å². The van der Waals surface area contributed by atoms with Gasteiger partial charge in [-0.2, -0.15) is 13.2 Å². The summed E-state index contributed by atoms with van der Waals surface area (Å²) in [5.41, 5.74) is 0.203. The Labute approximate surface area is 156 Å². The fraction of sp³-hybridized carbons (Fsp3) is 0.400. The van der Waals surface area contributed by atoms with Crippen LogP contribution in [-0.4, -0.2) is 35.9 Å². The lowest BCUT2D eigenvalue weighted by Crippen LogP contribution is -2.34. The molecule has 144 valence electrons. The van der Waals surface area contributed by atoms with Gasteiger partial charge in [0.05, 0.1) is 11.1 Å². The van der Waals surface area contributed by atoms with E-state index in [2.05, 4.69) is 9.88 Å². The molecule has 1 aliphatic heterocycles. The third kappa shape index (κ3) is 4.59. The minimum Gasteiger partial charge on any atom is -0.356 e. The van der Waals surface area contributed by atoms with Crippen molar-refractivity contribution in [2.75, 3.05) is 25.0 Å². The van der Waals surface area contributed by atoms with E-state index >= 15 is 0 Å². The molecule has 0 radical (unpaired) electrons. The Morgan fingerprint density at radius 1 is 1.15 bits per heavy atom. The molecule has 7 heteroatoms. The highest BCUT2D eigenvalue weighted by Crippen LogP contribution is 2.30. The highest BCUT2D eigenvalue weighted by molar-refractivity contribution is 5.98. The van der Waals surface area contributed by atoms with Crippen molar-refractivity contribution >= 4 is 11.7 Å². The molecule has 1 fully saturated rings. The Morgan fingerprint density at radius 2 is 1.89 bits per heavy atom. The van der Waals surface area contributed by atoms with Gasteiger partial charge >= 0.3 is 6.18 Å². The quantitative estimate of drug-likeness (QED) is 0.794. The van der Waals surface area contributed by atoms with Crippen molar-refractivity contribution in [3.63, 3.8) is 0 Å². The molecule has 0 atom stereocenters. The van der Waals surface area contributed by atoms with Gasteiger partial charge in [-0.25, -0.2) is 4.98 Å². The van der Waals surface area contributed by atoms with Crippen LogP contribution in [0.3, 0.4) is 0 Å². The first kappa shape index (κ1) is 19.2. The summed E-state index contributed by atoms with van der Waals surface area (Å²) in [4.78, 5) is 20.9. The predicted molar refractivity (Wildman–Crippen MR) is 97.5 cm³/mol. The number of hydrogen-bond acceptors (Lipinski definition) is 3. The van der Waals surface area contributed by atoms with E-state index < -0.39 is 11.7 Å². The first-order valence-electron chi connectivity index (χ1n) is 8.98. The van der Waals surface area contributed by atoms with E-state index in [0.29, 0.717) is 16.9 Å². The van der Waals surface area contributed by atoms with E-state index in [4.69, 9.17) is 0 Å². The maximum absolute atomic E-state index is 12.9. The van der Waals surface area contributed by atoms with Crippen LogP contribution in [0.1, 0.15) is 40.7 Å². The summed E-state index contributed by atoms with van der Waals surface area (Å²) < 4.78 is 38.7. The average molecular weight is 377 g/mol. The van der Waals surface area contributed by atoms with Crippen LogP contribution in [0.15, 0.2) is 42.6 Å². The molecule has 2 heterocycles. The minimum absolute atomic E-state index is 0.0943. The van der Waals surface area contributed by atoms with Gasteiger partial charge < -0.3 is 9.80 Å². The lowest BCUT2D eigenvalue weighted by molar-refractivity contribution is -0.137. The molecule has 0 N–H and O–H groups in total. The second kappa shape index (κ2) is 7.98. The number of nitrogens with zero attached hydrogens (tertiary/aromatic N) is 3. The van der Waals surface area contributed by atoms with Crippen LogP contribution < -0.4 is 4.90 Å². The number of carbonyl (C=O) groups excluding carboxylic acids is 1. The highest BCUT2D eigenvalue weighted by atomic mass is 19.4. The summed E-state index contributed by atoms with van der Waals surface area (Å²) in [6, 6.07) is 8.49. The van der Waals surface area contributed by atoms with Gasteiger partial charge in [-0.05, 0) is 49.1 Å². The molecule has 1 saturated heterocycles. The van der Waals surface area contributed by atoms with E-state index in [1.54, 1.807) is 31.4 Å². The van der Waals surface area contributed by atoms with Gasteiger partial charge in [0.15, 0.2) is 0 Å². The number of pyridine rings is 1. The largest absolute Gasteiger partial charge is 0.416 e. The predicted octanol–water partition coefficient (Wildman–Crippen LogP) is 4.36.